The monoisotopic (exact) mass is 502 g/mol. The van der Waals surface area contributed by atoms with Crippen molar-refractivity contribution in [3.63, 3.8) is 0 Å². The fourth-order valence-corrected chi connectivity index (χ4v) is 2.55. The van der Waals surface area contributed by atoms with Crippen molar-refractivity contribution in [1.82, 2.24) is 10.6 Å². The van der Waals surface area contributed by atoms with E-state index in [4.69, 9.17) is 23.7 Å². The van der Waals surface area contributed by atoms with Gasteiger partial charge in [-0.25, -0.2) is 19.2 Å². The van der Waals surface area contributed by atoms with Crippen LogP contribution in [0.15, 0.2) is 12.2 Å². The maximum atomic E-state index is 11.5. The molecule has 0 aliphatic carbocycles. The third-order valence-electron chi connectivity index (χ3n) is 4.46. The number of carbonyl (C=O) groups is 4. The van der Waals surface area contributed by atoms with Gasteiger partial charge in [0.05, 0.1) is 33.0 Å². The molecule has 0 saturated heterocycles. The summed E-state index contributed by atoms with van der Waals surface area (Å²) >= 11 is 0. The van der Waals surface area contributed by atoms with Gasteiger partial charge in [-0.3, -0.25) is 0 Å². The molecule has 0 rings (SSSR count). The van der Waals surface area contributed by atoms with Crippen LogP contribution in [0.1, 0.15) is 71.6 Å². The molecule has 0 aromatic carbocycles. The van der Waals surface area contributed by atoms with Gasteiger partial charge in [-0.2, -0.15) is 0 Å². The first-order chi connectivity index (χ1) is 16.9. The van der Waals surface area contributed by atoms with E-state index in [0.29, 0.717) is 38.2 Å². The van der Waals surface area contributed by atoms with Gasteiger partial charge in [-0.1, -0.05) is 13.5 Å². The number of nitrogens with one attached hydrogen (secondary N) is 2. The normalized spacial score (nSPS) is 10.1. The van der Waals surface area contributed by atoms with Gasteiger partial charge >= 0.3 is 24.3 Å². The standard InChI is InChI=1S/C24H42N2O9/c1-4-13-25-22(28)32-15-9-5-7-11-17-34-24(30)35-18-12-8-6-10-16-33-23(29)26-14-19-31-21(27)20(2)3/h2,4-19H2,1,3H3,(H,25,28)(H,26,29). The molecule has 0 radical (unpaired) electrons. The lowest BCUT2D eigenvalue weighted by molar-refractivity contribution is -0.138. The second-order valence-corrected chi connectivity index (χ2v) is 7.82. The van der Waals surface area contributed by atoms with Crippen molar-refractivity contribution in [3.05, 3.63) is 12.2 Å². The molecule has 0 unspecified atom stereocenters. The lowest BCUT2D eigenvalue weighted by Gasteiger charge is -2.08. The quantitative estimate of drug-likeness (QED) is 0.108. The van der Waals surface area contributed by atoms with Gasteiger partial charge < -0.3 is 34.3 Å². The minimum Gasteiger partial charge on any atom is -0.460 e. The summed E-state index contributed by atoms with van der Waals surface area (Å²) in [4.78, 5) is 45.4. The summed E-state index contributed by atoms with van der Waals surface area (Å²) < 4.78 is 24.9. The molecule has 202 valence electrons. The summed E-state index contributed by atoms with van der Waals surface area (Å²) in [5, 5.41) is 5.12. The zero-order valence-corrected chi connectivity index (χ0v) is 21.2. The number of amides is 2. The highest BCUT2D eigenvalue weighted by Crippen LogP contribution is 2.03. The van der Waals surface area contributed by atoms with Gasteiger partial charge in [0.15, 0.2) is 0 Å². The third-order valence-corrected chi connectivity index (χ3v) is 4.46. The van der Waals surface area contributed by atoms with Crippen LogP contribution in [0.5, 0.6) is 0 Å². The van der Waals surface area contributed by atoms with Crippen LogP contribution in [0.4, 0.5) is 14.4 Å². The van der Waals surface area contributed by atoms with E-state index in [9.17, 15) is 19.2 Å². The average Bonchev–Trinajstić information content (AvgIpc) is 2.83. The zero-order valence-electron chi connectivity index (χ0n) is 21.2. The molecule has 11 nitrogen and oxygen atoms in total. The van der Waals surface area contributed by atoms with Gasteiger partial charge in [0.2, 0.25) is 0 Å². The molecular weight excluding hydrogens is 460 g/mol. The van der Waals surface area contributed by atoms with Crippen LogP contribution in [0.2, 0.25) is 0 Å². The Morgan fingerprint density at radius 3 is 1.46 bits per heavy atom. The Balaban J connectivity index is 3.37. The maximum Gasteiger partial charge on any atom is 0.508 e. The average molecular weight is 503 g/mol. The smallest absolute Gasteiger partial charge is 0.460 e. The fourth-order valence-electron chi connectivity index (χ4n) is 2.55. The molecule has 0 atom stereocenters. The highest BCUT2D eigenvalue weighted by Gasteiger charge is 2.06. The molecule has 0 aliphatic heterocycles. The lowest BCUT2D eigenvalue weighted by Crippen LogP contribution is -2.29. The highest BCUT2D eigenvalue weighted by molar-refractivity contribution is 5.86. The molecule has 0 aliphatic rings. The van der Waals surface area contributed by atoms with Crippen LogP contribution in [0, 0.1) is 0 Å². The minimum absolute atomic E-state index is 0.0547. The Kier molecular flexibility index (Phi) is 20.9. The van der Waals surface area contributed by atoms with Gasteiger partial charge in [-0.15, -0.1) is 0 Å². The van der Waals surface area contributed by atoms with Crippen molar-refractivity contribution in [2.24, 2.45) is 0 Å². The van der Waals surface area contributed by atoms with Crippen molar-refractivity contribution < 1.29 is 42.9 Å². The summed E-state index contributed by atoms with van der Waals surface area (Å²) in [6.07, 6.45) is 5.54. The molecule has 0 aromatic heterocycles. The molecule has 0 heterocycles. The SMILES string of the molecule is C=C(C)C(=O)OCCNC(=O)OCCCCCCOC(=O)OCCCCCCOC(=O)NCCC. The van der Waals surface area contributed by atoms with Crippen LogP contribution in [0.25, 0.3) is 0 Å². The second kappa shape index (κ2) is 22.8. The van der Waals surface area contributed by atoms with E-state index in [0.717, 1.165) is 44.9 Å². The summed E-state index contributed by atoms with van der Waals surface area (Å²) in [5.74, 6) is -0.499. The summed E-state index contributed by atoms with van der Waals surface area (Å²) in [6, 6.07) is 0. The zero-order chi connectivity index (χ0) is 26.2. The molecule has 0 aromatic rings. The molecule has 0 fully saturated rings. The van der Waals surface area contributed by atoms with Crippen LogP contribution in [0.3, 0.4) is 0 Å². The first-order valence-corrected chi connectivity index (χ1v) is 12.3. The number of ether oxygens (including phenoxy) is 5. The van der Waals surface area contributed by atoms with Crippen molar-refractivity contribution >= 4 is 24.3 Å². The second-order valence-electron chi connectivity index (χ2n) is 7.82. The van der Waals surface area contributed by atoms with Crippen LogP contribution >= 0.6 is 0 Å². The summed E-state index contributed by atoms with van der Waals surface area (Å²) in [5.41, 5.74) is 0.301. The molecule has 35 heavy (non-hydrogen) atoms. The predicted molar refractivity (Wildman–Crippen MR) is 129 cm³/mol. The van der Waals surface area contributed by atoms with E-state index in [-0.39, 0.29) is 32.5 Å². The lowest BCUT2D eigenvalue weighted by atomic mass is 10.2. The largest absolute Gasteiger partial charge is 0.508 e. The Hall–Kier alpha value is -2.98. The third kappa shape index (κ3) is 22.6. The first kappa shape index (κ1) is 32.0. The van der Waals surface area contributed by atoms with Crippen molar-refractivity contribution in [2.45, 2.75) is 71.6 Å². The first-order valence-electron chi connectivity index (χ1n) is 12.3. The number of hydrogen-bond donors (Lipinski definition) is 2. The molecule has 11 heteroatoms. The van der Waals surface area contributed by atoms with Gasteiger partial charge in [-0.05, 0) is 64.7 Å². The minimum atomic E-state index is -0.671. The van der Waals surface area contributed by atoms with Crippen LogP contribution in [-0.4, -0.2) is 70.4 Å². The van der Waals surface area contributed by atoms with Gasteiger partial charge in [0.1, 0.15) is 6.61 Å². The van der Waals surface area contributed by atoms with E-state index in [1.807, 2.05) is 6.92 Å². The number of carbonyl (C=O) groups excluding carboxylic acids is 4. The summed E-state index contributed by atoms with van der Waals surface area (Å²) in [6.45, 7) is 9.05. The van der Waals surface area contributed by atoms with E-state index in [1.165, 1.54) is 0 Å². The van der Waals surface area contributed by atoms with Gasteiger partial charge in [0, 0.05) is 12.1 Å². The van der Waals surface area contributed by atoms with Crippen molar-refractivity contribution in [1.29, 1.82) is 0 Å². The van der Waals surface area contributed by atoms with E-state index < -0.39 is 18.2 Å². The summed E-state index contributed by atoms with van der Waals surface area (Å²) in [7, 11) is 0. The molecule has 0 bridgehead atoms. The predicted octanol–water partition coefficient (Wildman–Crippen LogP) is 4.24. The Morgan fingerprint density at radius 1 is 0.600 bits per heavy atom. The Bertz CT molecular complexity index is 626. The Labute approximate surface area is 208 Å². The number of hydrogen-bond acceptors (Lipinski definition) is 9. The molecule has 2 amide bonds. The van der Waals surface area contributed by atoms with E-state index in [2.05, 4.69) is 17.2 Å². The molecule has 0 spiro atoms. The molecular formula is C24H42N2O9. The van der Waals surface area contributed by atoms with Gasteiger partial charge in [0.25, 0.3) is 0 Å². The number of alkyl carbamates (subject to hydrolysis) is 2. The molecule has 2 N–H and O–H groups in total. The molecule has 0 saturated carbocycles. The van der Waals surface area contributed by atoms with Crippen molar-refractivity contribution in [3.8, 4) is 0 Å². The highest BCUT2D eigenvalue weighted by atomic mass is 16.7. The van der Waals surface area contributed by atoms with E-state index >= 15 is 0 Å². The maximum absolute atomic E-state index is 11.5. The van der Waals surface area contributed by atoms with E-state index in [1.54, 1.807) is 6.92 Å². The van der Waals surface area contributed by atoms with Crippen LogP contribution in [-0.2, 0) is 28.5 Å². The van der Waals surface area contributed by atoms with Crippen molar-refractivity contribution in [2.75, 3.05) is 46.1 Å². The fraction of sp³-hybridized carbons (Fsp3) is 0.750. The number of rotatable bonds is 20. The Morgan fingerprint density at radius 2 is 1.03 bits per heavy atom. The topological polar surface area (TPSA) is 138 Å². The number of esters is 1. The number of unbranched alkanes of at least 4 members (excludes halogenated alkanes) is 6. The van der Waals surface area contributed by atoms with Crippen LogP contribution < -0.4 is 10.6 Å².